The van der Waals surface area contributed by atoms with Gasteiger partial charge in [-0.1, -0.05) is 0 Å². The van der Waals surface area contributed by atoms with Crippen LogP contribution in [-0.2, 0) is 0 Å². The van der Waals surface area contributed by atoms with Crippen molar-refractivity contribution in [1.29, 1.82) is 5.26 Å². The second-order valence-corrected chi connectivity index (χ2v) is 3.89. The number of nitro groups is 1. The second-order valence-electron chi connectivity index (χ2n) is 3.89. The highest BCUT2D eigenvalue weighted by atomic mass is 16.6. The number of aromatic nitrogens is 4. The molecule has 3 aromatic rings. The van der Waals surface area contributed by atoms with Gasteiger partial charge >= 0.3 is 0 Å². The first-order valence-corrected chi connectivity index (χ1v) is 5.55. The van der Waals surface area contributed by atoms with E-state index in [0.29, 0.717) is 11.1 Å². The molecule has 0 radical (unpaired) electrons. The van der Waals surface area contributed by atoms with Gasteiger partial charge in [-0.05, 0) is 18.2 Å². The van der Waals surface area contributed by atoms with E-state index < -0.39 is 4.92 Å². The van der Waals surface area contributed by atoms with Gasteiger partial charge in [0.15, 0.2) is 0 Å². The van der Waals surface area contributed by atoms with Crippen LogP contribution in [0.3, 0.4) is 0 Å². The molecule has 0 bridgehead atoms. The maximum Gasteiger partial charge on any atom is 0.295 e. The third-order valence-corrected chi connectivity index (χ3v) is 2.76. The van der Waals surface area contributed by atoms with Gasteiger partial charge < -0.3 is 0 Å². The minimum absolute atomic E-state index is 0.0281. The molecule has 0 unspecified atom stereocenters. The van der Waals surface area contributed by atoms with Crippen LogP contribution in [0.2, 0.25) is 0 Å². The first kappa shape index (κ1) is 11.7. The Morgan fingerprint density at radius 2 is 2.15 bits per heavy atom. The zero-order valence-corrected chi connectivity index (χ0v) is 9.96. The Hall–Kier alpha value is -3.34. The molecule has 8 nitrogen and oxygen atoms in total. The summed E-state index contributed by atoms with van der Waals surface area (Å²) >= 11 is 0. The molecule has 0 saturated carbocycles. The van der Waals surface area contributed by atoms with Gasteiger partial charge in [0.25, 0.3) is 11.5 Å². The third-order valence-electron chi connectivity index (χ3n) is 2.76. The van der Waals surface area contributed by atoms with Gasteiger partial charge in [-0.3, -0.25) is 10.1 Å². The lowest BCUT2D eigenvalue weighted by atomic mass is 10.1. The standard InChI is InChI=1S/C12H6N6O2/c13-6-11-15-7-17(16-11)9-3-4-10(18(19)20)12-8(9)2-1-5-14-12/h1-5,7H. The highest BCUT2D eigenvalue weighted by Gasteiger charge is 2.16. The van der Waals surface area contributed by atoms with E-state index in [1.165, 1.54) is 23.3 Å². The van der Waals surface area contributed by atoms with Crippen molar-refractivity contribution in [2.75, 3.05) is 0 Å². The minimum Gasteiger partial charge on any atom is -0.258 e. The molecular formula is C12H6N6O2. The molecule has 0 fully saturated rings. The van der Waals surface area contributed by atoms with Crippen LogP contribution in [0, 0.1) is 21.4 Å². The lowest BCUT2D eigenvalue weighted by Gasteiger charge is -2.05. The zero-order chi connectivity index (χ0) is 14.1. The fourth-order valence-corrected chi connectivity index (χ4v) is 1.92. The number of nitrogens with zero attached hydrogens (tertiary/aromatic N) is 6. The quantitative estimate of drug-likeness (QED) is 0.514. The maximum atomic E-state index is 11.0. The predicted molar refractivity (Wildman–Crippen MR) is 68.0 cm³/mol. The Bertz CT molecular complexity index is 864. The van der Waals surface area contributed by atoms with E-state index in [0.717, 1.165) is 0 Å². The van der Waals surface area contributed by atoms with Crippen molar-refractivity contribution in [3.8, 4) is 11.8 Å². The van der Waals surface area contributed by atoms with Crippen LogP contribution in [0.15, 0.2) is 36.8 Å². The number of nitriles is 1. The number of pyridine rings is 1. The fraction of sp³-hybridized carbons (Fsp3) is 0. The molecule has 0 aliphatic rings. The largest absolute Gasteiger partial charge is 0.295 e. The molecule has 2 aromatic heterocycles. The summed E-state index contributed by atoms with van der Waals surface area (Å²) in [5, 5.41) is 24.3. The number of fused-ring (bicyclic) bond motifs is 1. The lowest BCUT2D eigenvalue weighted by Crippen LogP contribution is -1.99. The van der Waals surface area contributed by atoms with Crippen LogP contribution < -0.4 is 0 Å². The number of hydrogen-bond donors (Lipinski definition) is 0. The second kappa shape index (κ2) is 4.40. The predicted octanol–water partition coefficient (Wildman–Crippen LogP) is 1.60. The topological polar surface area (TPSA) is 111 Å². The summed E-state index contributed by atoms with van der Waals surface area (Å²) in [5.41, 5.74) is 0.765. The van der Waals surface area contributed by atoms with Crippen LogP contribution >= 0.6 is 0 Å². The summed E-state index contributed by atoms with van der Waals surface area (Å²) in [5.74, 6) is 0.0281. The Morgan fingerprint density at radius 3 is 2.85 bits per heavy atom. The Balaban J connectivity index is 2.30. The normalized spacial score (nSPS) is 10.3. The average molecular weight is 266 g/mol. The van der Waals surface area contributed by atoms with Gasteiger partial charge in [-0.2, -0.15) is 5.26 Å². The monoisotopic (exact) mass is 266 g/mol. The zero-order valence-electron chi connectivity index (χ0n) is 9.96. The molecule has 0 amide bonds. The number of non-ortho nitro benzene ring substituents is 1. The number of nitro benzene ring substituents is 1. The van der Waals surface area contributed by atoms with E-state index in [2.05, 4.69) is 15.1 Å². The Morgan fingerprint density at radius 1 is 1.30 bits per heavy atom. The molecule has 96 valence electrons. The Kier molecular flexibility index (Phi) is 2.58. The van der Waals surface area contributed by atoms with Crippen molar-refractivity contribution < 1.29 is 4.92 Å². The first-order chi connectivity index (χ1) is 9.70. The number of hydrogen-bond acceptors (Lipinski definition) is 6. The summed E-state index contributed by atoms with van der Waals surface area (Å²) < 4.78 is 1.40. The van der Waals surface area contributed by atoms with Gasteiger partial charge in [-0.15, -0.1) is 5.10 Å². The van der Waals surface area contributed by atoms with Crippen molar-refractivity contribution in [3.05, 3.63) is 52.7 Å². The molecule has 20 heavy (non-hydrogen) atoms. The summed E-state index contributed by atoms with van der Waals surface area (Å²) in [6, 6.07) is 8.13. The van der Waals surface area contributed by atoms with Gasteiger partial charge in [0.2, 0.25) is 0 Å². The molecule has 3 rings (SSSR count). The van der Waals surface area contributed by atoms with Crippen LogP contribution in [0.5, 0.6) is 0 Å². The summed E-state index contributed by atoms with van der Waals surface area (Å²) in [4.78, 5) is 18.4. The van der Waals surface area contributed by atoms with Crippen molar-refractivity contribution in [2.45, 2.75) is 0 Å². The molecule has 0 spiro atoms. The van der Waals surface area contributed by atoms with Crippen LogP contribution in [0.25, 0.3) is 16.6 Å². The summed E-state index contributed by atoms with van der Waals surface area (Å²) in [6.07, 6.45) is 2.87. The average Bonchev–Trinajstić information content (AvgIpc) is 2.94. The van der Waals surface area contributed by atoms with Crippen molar-refractivity contribution in [2.24, 2.45) is 0 Å². The van der Waals surface area contributed by atoms with E-state index in [9.17, 15) is 10.1 Å². The van der Waals surface area contributed by atoms with Crippen molar-refractivity contribution in [1.82, 2.24) is 19.7 Å². The summed E-state index contributed by atoms with van der Waals surface area (Å²) in [7, 11) is 0. The van der Waals surface area contributed by atoms with Crippen LogP contribution in [0.4, 0.5) is 5.69 Å². The van der Waals surface area contributed by atoms with E-state index in [-0.39, 0.29) is 17.0 Å². The van der Waals surface area contributed by atoms with E-state index >= 15 is 0 Å². The molecule has 0 atom stereocenters. The van der Waals surface area contributed by atoms with Crippen molar-refractivity contribution in [3.63, 3.8) is 0 Å². The summed E-state index contributed by atoms with van der Waals surface area (Å²) in [6.45, 7) is 0. The smallest absolute Gasteiger partial charge is 0.258 e. The Labute approximate surface area is 112 Å². The molecule has 0 saturated heterocycles. The maximum absolute atomic E-state index is 11.0. The minimum atomic E-state index is -0.485. The van der Waals surface area contributed by atoms with Gasteiger partial charge in [0.1, 0.15) is 17.9 Å². The van der Waals surface area contributed by atoms with E-state index in [1.54, 1.807) is 18.2 Å². The first-order valence-electron chi connectivity index (χ1n) is 5.55. The molecule has 0 N–H and O–H groups in total. The van der Waals surface area contributed by atoms with Gasteiger partial charge in [0.05, 0.1) is 10.6 Å². The molecular weight excluding hydrogens is 260 g/mol. The lowest BCUT2D eigenvalue weighted by molar-refractivity contribution is -0.383. The molecule has 2 heterocycles. The highest BCUT2D eigenvalue weighted by molar-refractivity contribution is 5.93. The number of benzene rings is 1. The van der Waals surface area contributed by atoms with Gasteiger partial charge in [0, 0.05) is 17.6 Å². The fourth-order valence-electron chi connectivity index (χ4n) is 1.92. The van der Waals surface area contributed by atoms with E-state index in [1.807, 2.05) is 6.07 Å². The molecule has 0 aliphatic heterocycles. The molecule has 1 aromatic carbocycles. The molecule has 0 aliphatic carbocycles. The van der Waals surface area contributed by atoms with Crippen LogP contribution in [-0.4, -0.2) is 24.7 Å². The molecule has 8 heteroatoms. The van der Waals surface area contributed by atoms with Gasteiger partial charge in [-0.25, -0.2) is 14.6 Å². The number of rotatable bonds is 2. The van der Waals surface area contributed by atoms with E-state index in [4.69, 9.17) is 5.26 Å². The van der Waals surface area contributed by atoms with Crippen molar-refractivity contribution >= 4 is 16.6 Å². The highest BCUT2D eigenvalue weighted by Crippen LogP contribution is 2.28. The third kappa shape index (κ3) is 1.74. The van der Waals surface area contributed by atoms with Crippen LogP contribution in [0.1, 0.15) is 5.82 Å². The SMILES string of the molecule is N#Cc1ncn(-c2ccc([N+](=O)[O-])c3ncccc23)n1.